The molecule has 0 fully saturated rings. The van der Waals surface area contributed by atoms with Gasteiger partial charge in [0.1, 0.15) is 0 Å². The summed E-state index contributed by atoms with van der Waals surface area (Å²) in [6.45, 7) is 7.14. The molecule has 6 heteroatoms. The van der Waals surface area contributed by atoms with E-state index in [0.29, 0.717) is 28.4 Å². The zero-order valence-electron chi connectivity index (χ0n) is 12.1. The lowest BCUT2D eigenvalue weighted by Crippen LogP contribution is -2.35. The summed E-state index contributed by atoms with van der Waals surface area (Å²) in [6.07, 6.45) is 1.98. The van der Waals surface area contributed by atoms with Gasteiger partial charge in [-0.1, -0.05) is 49.5 Å². The van der Waals surface area contributed by atoms with E-state index in [1.165, 1.54) is 0 Å². The molecule has 0 aliphatic heterocycles. The van der Waals surface area contributed by atoms with E-state index in [1.54, 1.807) is 16.4 Å². The van der Waals surface area contributed by atoms with Crippen LogP contribution in [0.2, 0.25) is 0 Å². The Bertz CT molecular complexity index is 542. The van der Waals surface area contributed by atoms with Gasteiger partial charge >= 0.3 is 0 Å². The van der Waals surface area contributed by atoms with Crippen LogP contribution in [0.15, 0.2) is 32.0 Å². The Morgan fingerprint density at radius 3 is 2.25 bits per heavy atom. The smallest absolute Gasteiger partial charge is 0.207 e. The van der Waals surface area contributed by atoms with E-state index in [-0.39, 0.29) is 0 Å². The van der Waals surface area contributed by atoms with Crippen molar-refractivity contribution >= 4 is 41.9 Å². The third-order valence-electron chi connectivity index (χ3n) is 3.48. The summed E-state index contributed by atoms with van der Waals surface area (Å²) < 4.78 is 28.5. The summed E-state index contributed by atoms with van der Waals surface area (Å²) in [5, 5.41) is 0. The summed E-state index contributed by atoms with van der Waals surface area (Å²) >= 11 is 6.67. The normalized spacial score (nSPS) is 12.3. The molecule has 1 rings (SSSR count). The second kappa shape index (κ2) is 7.92. The molecule has 0 amide bonds. The lowest BCUT2D eigenvalue weighted by molar-refractivity contribution is 0.339. The van der Waals surface area contributed by atoms with Crippen LogP contribution in [0.25, 0.3) is 0 Å². The van der Waals surface area contributed by atoms with Gasteiger partial charge in [-0.2, -0.15) is 4.31 Å². The maximum atomic E-state index is 12.8. The average molecular weight is 427 g/mol. The highest BCUT2D eigenvalue weighted by atomic mass is 79.9. The molecule has 1 aromatic carbocycles. The van der Waals surface area contributed by atoms with Crippen molar-refractivity contribution in [1.29, 1.82) is 0 Å². The van der Waals surface area contributed by atoms with Crippen molar-refractivity contribution in [2.45, 2.75) is 38.5 Å². The van der Waals surface area contributed by atoms with Crippen LogP contribution in [-0.2, 0) is 10.0 Å². The van der Waals surface area contributed by atoms with Crippen LogP contribution in [0.3, 0.4) is 0 Å². The van der Waals surface area contributed by atoms with Crippen molar-refractivity contribution in [3.8, 4) is 0 Å². The van der Waals surface area contributed by atoms with E-state index >= 15 is 0 Å². The molecule has 0 aliphatic carbocycles. The number of halogens is 2. The summed E-state index contributed by atoms with van der Waals surface area (Å²) in [4.78, 5) is 0.319. The van der Waals surface area contributed by atoms with Gasteiger partial charge < -0.3 is 0 Å². The fourth-order valence-corrected chi connectivity index (χ4v) is 5.03. The zero-order valence-corrected chi connectivity index (χ0v) is 16.1. The minimum Gasteiger partial charge on any atom is -0.207 e. The second-order valence-electron chi connectivity index (χ2n) is 4.71. The number of benzene rings is 1. The highest BCUT2D eigenvalue weighted by molar-refractivity contribution is 9.11. The molecule has 0 spiro atoms. The minimum absolute atomic E-state index is 0.319. The molecule has 0 bridgehead atoms. The first kappa shape index (κ1) is 18.1. The zero-order chi connectivity index (χ0) is 15.3. The third kappa shape index (κ3) is 4.29. The Hall–Kier alpha value is 0.0900. The summed E-state index contributed by atoms with van der Waals surface area (Å²) in [7, 11) is -3.46. The van der Waals surface area contributed by atoms with Crippen molar-refractivity contribution in [2.24, 2.45) is 5.92 Å². The molecule has 0 N–H and O–H groups in total. The first-order valence-corrected chi connectivity index (χ1v) is 9.84. The van der Waals surface area contributed by atoms with Crippen LogP contribution in [0.1, 0.15) is 33.6 Å². The van der Waals surface area contributed by atoms with Crippen molar-refractivity contribution in [2.75, 3.05) is 13.1 Å². The van der Waals surface area contributed by atoms with Gasteiger partial charge in [0, 0.05) is 22.0 Å². The molecule has 0 unspecified atom stereocenters. The number of rotatable bonds is 7. The van der Waals surface area contributed by atoms with Gasteiger partial charge in [-0.3, -0.25) is 0 Å². The number of hydrogen-bond donors (Lipinski definition) is 0. The van der Waals surface area contributed by atoms with E-state index in [2.05, 4.69) is 45.7 Å². The molecular weight excluding hydrogens is 406 g/mol. The lowest BCUT2D eigenvalue weighted by Gasteiger charge is -2.25. The van der Waals surface area contributed by atoms with Crippen LogP contribution in [0, 0.1) is 5.92 Å². The number of hydrogen-bond acceptors (Lipinski definition) is 2. The van der Waals surface area contributed by atoms with E-state index in [1.807, 2.05) is 13.0 Å². The predicted molar refractivity (Wildman–Crippen MR) is 90.3 cm³/mol. The first-order chi connectivity index (χ1) is 9.36. The lowest BCUT2D eigenvalue weighted by atomic mass is 10.0. The van der Waals surface area contributed by atoms with E-state index < -0.39 is 10.0 Å². The summed E-state index contributed by atoms with van der Waals surface area (Å²) in [6, 6.07) is 5.22. The average Bonchev–Trinajstić information content (AvgIpc) is 2.42. The van der Waals surface area contributed by atoms with Crippen LogP contribution in [0.4, 0.5) is 0 Å². The van der Waals surface area contributed by atoms with Crippen molar-refractivity contribution in [3.63, 3.8) is 0 Å². The molecule has 1 aromatic rings. The monoisotopic (exact) mass is 425 g/mol. The largest absolute Gasteiger partial charge is 0.244 e. The van der Waals surface area contributed by atoms with Gasteiger partial charge in [0.25, 0.3) is 0 Å². The standard InChI is InChI=1S/C14H21Br2NO2S/c1-4-11(5-2)10-17(6-3)20(18,19)14-9-12(15)7-8-13(14)16/h7-9,11H,4-6,10H2,1-3H3. The Kier molecular flexibility index (Phi) is 7.18. The van der Waals surface area contributed by atoms with E-state index in [9.17, 15) is 8.42 Å². The Balaban J connectivity index is 3.15. The first-order valence-electron chi connectivity index (χ1n) is 6.81. The minimum atomic E-state index is -3.46. The highest BCUT2D eigenvalue weighted by Crippen LogP contribution is 2.29. The van der Waals surface area contributed by atoms with Crippen LogP contribution >= 0.6 is 31.9 Å². The van der Waals surface area contributed by atoms with Crippen LogP contribution < -0.4 is 0 Å². The molecule has 0 radical (unpaired) electrons. The second-order valence-corrected chi connectivity index (χ2v) is 8.39. The van der Waals surface area contributed by atoms with Gasteiger partial charge in [0.2, 0.25) is 10.0 Å². The van der Waals surface area contributed by atoms with Crippen molar-refractivity contribution in [1.82, 2.24) is 4.31 Å². The summed E-state index contributed by atoms with van der Waals surface area (Å²) in [5.74, 6) is 0.399. The molecule has 0 heterocycles. The van der Waals surface area contributed by atoms with Gasteiger partial charge in [-0.25, -0.2) is 8.42 Å². The van der Waals surface area contributed by atoms with E-state index in [0.717, 1.165) is 17.3 Å². The van der Waals surface area contributed by atoms with Gasteiger partial charge in [-0.05, 0) is 40.0 Å². The third-order valence-corrected chi connectivity index (χ3v) is 6.91. The van der Waals surface area contributed by atoms with Gasteiger partial charge in [0.15, 0.2) is 0 Å². The molecule has 0 aliphatic rings. The van der Waals surface area contributed by atoms with Crippen LogP contribution in [0.5, 0.6) is 0 Å². The fourth-order valence-electron chi connectivity index (χ4n) is 2.05. The summed E-state index contributed by atoms with van der Waals surface area (Å²) in [5.41, 5.74) is 0. The maximum absolute atomic E-state index is 12.8. The molecule has 114 valence electrons. The number of sulfonamides is 1. The van der Waals surface area contributed by atoms with Crippen molar-refractivity contribution < 1.29 is 8.42 Å². The topological polar surface area (TPSA) is 37.4 Å². The number of nitrogens with zero attached hydrogens (tertiary/aromatic N) is 1. The fraction of sp³-hybridized carbons (Fsp3) is 0.571. The molecule has 0 saturated carbocycles. The Morgan fingerprint density at radius 2 is 1.75 bits per heavy atom. The predicted octanol–water partition coefficient (Wildman–Crippen LogP) is 4.66. The Labute approximate surface area is 139 Å². The van der Waals surface area contributed by atoms with Gasteiger partial charge in [0.05, 0.1) is 4.90 Å². The molecule has 20 heavy (non-hydrogen) atoms. The molecule has 0 aromatic heterocycles. The van der Waals surface area contributed by atoms with Gasteiger partial charge in [-0.15, -0.1) is 0 Å². The molecule has 0 saturated heterocycles. The molecule has 0 atom stereocenters. The Morgan fingerprint density at radius 1 is 1.15 bits per heavy atom. The van der Waals surface area contributed by atoms with E-state index in [4.69, 9.17) is 0 Å². The molecular formula is C14H21Br2NO2S. The van der Waals surface area contributed by atoms with Crippen molar-refractivity contribution in [3.05, 3.63) is 27.1 Å². The quantitative estimate of drug-likeness (QED) is 0.635. The molecule has 3 nitrogen and oxygen atoms in total. The highest BCUT2D eigenvalue weighted by Gasteiger charge is 2.27. The maximum Gasteiger partial charge on any atom is 0.244 e. The SMILES string of the molecule is CCC(CC)CN(CC)S(=O)(=O)c1cc(Br)ccc1Br. The van der Waals surface area contributed by atoms with Crippen LogP contribution in [-0.4, -0.2) is 25.8 Å².